The standard InChI is InChI=1S/C21H29N3O4S/c1-4-24(5-2)29(26,27)18-12-13-20(28-3)19(16-18)21(25)23-15-9-14-22-17-10-7-6-8-11-17/h6-8,10-13,16,22H,4-5,9,14-15H2,1-3H3,(H,23,25). The van der Waals surface area contributed by atoms with Gasteiger partial charge >= 0.3 is 0 Å². The summed E-state index contributed by atoms with van der Waals surface area (Å²) in [5.41, 5.74) is 1.23. The van der Waals surface area contributed by atoms with Crippen LogP contribution in [-0.4, -0.2) is 51.9 Å². The maximum absolute atomic E-state index is 12.7. The quantitative estimate of drug-likeness (QED) is 0.547. The number of methoxy groups -OCH3 is 1. The van der Waals surface area contributed by atoms with Crippen LogP contribution in [0.4, 0.5) is 5.69 Å². The summed E-state index contributed by atoms with van der Waals surface area (Å²) in [5.74, 6) is -0.0263. The normalized spacial score (nSPS) is 11.3. The minimum Gasteiger partial charge on any atom is -0.496 e. The molecule has 158 valence electrons. The van der Waals surface area contributed by atoms with Gasteiger partial charge in [0.25, 0.3) is 5.91 Å². The van der Waals surface area contributed by atoms with Crippen molar-refractivity contribution in [1.29, 1.82) is 0 Å². The van der Waals surface area contributed by atoms with Gasteiger partial charge in [-0.2, -0.15) is 4.31 Å². The number of hydrogen-bond acceptors (Lipinski definition) is 5. The van der Waals surface area contributed by atoms with E-state index in [-0.39, 0.29) is 16.4 Å². The van der Waals surface area contributed by atoms with Crippen molar-refractivity contribution in [3.8, 4) is 5.75 Å². The van der Waals surface area contributed by atoms with Crippen LogP contribution in [0.3, 0.4) is 0 Å². The van der Waals surface area contributed by atoms with Gasteiger partial charge in [-0.3, -0.25) is 4.79 Å². The van der Waals surface area contributed by atoms with Gasteiger partial charge in [-0.1, -0.05) is 32.0 Å². The van der Waals surface area contributed by atoms with Gasteiger partial charge in [-0.05, 0) is 36.8 Å². The molecule has 2 N–H and O–H groups in total. The molecule has 0 radical (unpaired) electrons. The first-order chi connectivity index (χ1) is 13.9. The highest BCUT2D eigenvalue weighted by Gasteiger charge is 2.24. The molecule has 8 heteroatoms. The summed E-state index contributed by atoms with van der Waals surface area (Å²) in [6, 6.07) is 14.2. The van der Waals surface area contributed by atoms with Crippen LogP contribution in [0.25, 0.3) is 0 Å². The molecule has 2 aromatic carbocycles. The molecule has 0 unspecified atom stereocenters. The number of nitrogens with one attached hydrogen (secondary N) is 2. The number of ether oxygens (including phenoxy) is 1. The molecule has 0 bridgehead atoms. The van der Waals surface area contributed by atoms with E-state index < -0.39 is 10.0 Å². The van der Waals surface area contributed by atoms with E-state index in [1.807, 2.05) is 30.3 Å². The van der Waals surface area contributed by atoms with E-state index in [1.165, 1.54) is 29.6 Å². The Morgan fingerprint density at radius 1 is 1.03 bits per heavy atom. The molecule has 2 rings (SSSR count). The van der Waals surface area contributed by atoms with Crippen LogP contribution in [0.15, 0.2) is 53.4 Å². The smallest absolute Gasteiger partial charge is 0.255 e. The molecule has 0 aromatic heterocycles. The molecule has 0 atom stereocenters. The maximum atomic E-state index is 12.7. The predicted octanol–water partition coefficient (Wildman–Crippen LogP) is 2.96. The number of nitrogens with zero attached hydrogens (tertiary/aromatic N) is 1. The number of carbonyl (C=O) groups excluding carboxylic acids is 1. The third kappa shape index (κ3) is 5.95. The van der Waals surface area contributed by atoms with Gasteiger partial charge in [0.15, 0.2) is 0 Å². The highest BCUT2D eigenvalue weighted by atomic mass is 32.2. The number of sulfonamides is 1. The van der Waals surface area contributed by atoms with Gasteiger partial charge in [-0.15, -0.1) is 0 Å². The predicted molar refractivity (Wildman–Crippen MR) is 115 cm³/mol. The van der Waals surface area contributed by atoms with Crippen molar-refractivity contribution in [1.82, 2.24) is 9.62 Å². The van der Waals surface area contributed by atoms with Crippen molar-refractivity contribution >= 4 is 21.6 Å². The Morgan fingerprint density at radius 2 is 1.72 bits per heavy atom. The second-order valence-electron chi connectivity index (χ2n) is 6.35. The zero-order chi connectivity index (χ0) is 21.3. The Balaban J connectivity index is 2.03. The third-order valence-corrected chi connectivity index (χ3v) is 6.55. The zero-order valence-electron chi connectivity index (χ0n) is 17.1. The van der Waals surface area contributed by atoms with E-state index in [9.17, 15) is 13.2 Å². The lowest BCUT2D eigenvalue weighted by Crippen LogP contribution is -2.31. The molecule has 0 aliphatic rings. The molecule has 0 spiro atoms. The van der Waals surface area contributed by atoms with Crippen molar-refractivity contribution in [3.05, 3.63) is 54.1 Å². The molecule has 0 saturated heterocycles. The highest BCUT2D eigenvalue weighted by molar-refractivity contribution is 7.89. The Morgan fingerprint density at radius 3 is 2.34 bits per heavy atom. The summed E-state index contributed by atoms with van der Waals surface area (Å²) >= 11 is 0. The number of benzene rings is 2. The van der Waals surface area contributed by atoms with E-state index in [0.717, 1.165) is 12.1 Å². The van der Waals surface area contributed by atoms with E-state index >= 15 is 0 Å². The minimum absolute atomic E-state index is 0.0814. The highest BCUT2D eigenvalue weighted by Crippen LogP contribution is 2.24. The SMILES string of the molecule is CCN(CC)S(=O)(=O)c1ccc(OC)c(C(=O)NCCCNc2ccccc2)c1. The maximum Gasteiger partial charge on any atom is 0.255 e. The van der Waals surface area contributed by atoms with Gasteiger partial charge in [0.1, 0.15) is 5.75 Å². The fourth-order valence-electron chi connectivity index (χ4n) is 2.91. The molecular formula is C21H29N3O4S. The Bertz CT molecular complexity index is 897. The number of anilines is 1. The lowest BCUT2D eigenvalue weighted by Gasteiger charge is -2.19. The minimum atomic E-state index is -3.65. The molecule has 1 amide bonds. The average Bonchev–Trinajstić information content (AvgIpc) is 2.74. The molecule has 7 nitrogen and oxygen atoms in total. The number of amides is 1. The first-order valence-electron chi connectivity index (χ1n) is 9.69. The van der Waals surface area contributed by atoms with Crippen molar-refractivity contribution in [3.63, 3.8) is 0 Å². The molecule has 0 fully saturated rings. The van der Waals surface area contributed by atoms with Crippen LogP contribution in [0.2, 0.25) is 0 Å². The Kier molecular flexibility index (Phi) is 8.48. The van der Waals surface area contributed by atoms with Crippen molar-refractivity contribution in [2.75, 3.05) is 38.6 Å². The van der Waals surface area contributed by atoms with Crippen LogP contribution in [0.1, 0.15) is 30.6 Å². The summed E-state index contributed by atoms with van der Waals surface area (Å²) in [7, 11) is -2.20. The fourth-order valence-corrected chi connectivity index (χ4v) is 4.40. The topological polar surface area (TPSA) is 87.7 Å². The van der Waals surface area contributed by atoms with Gasteiger partial charge in [0.05, 0.1) is 17.6 Å². The molecule has 2 aromatic rings. The second-order valence-corrected chi connectivity index (χ2v) is 8.29. The van der Waals surface area contributed by atoms with E-state index in [4.69, 9.17) is 4.74 Å². The summed E-state index contributed by atoms with van der Waals surface area (Å²) < 4.78 is 32.1. The van der Waals surface area contributed by atoms with Gasteiger partial charge in [-0.25, -0.2) is 8.42 Å². The van der Waals surface area contributed by atoms with Gasteiger partial charge in [0.2, 0.25) is 10.0 Å². The fraction of sp³-hybridized carbons (Fsp3) is 0.381. The Hall–Kier alpha value is -2.58. The monoisotopic (exact) mass is 419 g/mol. The van der Waals surface area contributed by atoms with Crippen molar-refractivity contribution < 1.29 is 17.9 Å². The average molecular weight is 420 g/mol. The lowest BCUT2D eigenvalue weighted by atomic mass is 10.2. The van der Waals surface area contributed by atoms with Crippen molar-refractivity contribution in [2.24, 2.45) is 0 Å². The van der Waals surface area contributed by atoms with Crippen LogP contribution < -0.4 is 15.4 Å². The summed E-state index contributed by atoms with van der Waals surface area (Å²) in [4.78, 5) is 12.7. The number of carbonyl (C=O) groups is 1. The zero-order valence-corrected chi connectivity index (χ0v) is 18.0. The largest absolute Gasteiger partial charge is 0.496 e. The number of rotatable bonds is 11. The van der Waals surface area contributed by atoms with E-state index in [2.05, 4.69) is 10.6 Å². The molecule has 0 aliphatic carbocycles. The van der Waals surface area contributed by atoms with Crippen LogP contribution in [0, 0.1) is 0 Å². The van der Waals surface area contributed by atoms with Crippen LogP contribution in [-0.2, 0) is 10.0 Å². The second kappa shape index (κ2) is 10.8. The molecule has 0 saturated carbocycles. The molecule has 0 aliphatic heterocycles. The third-order valence-electron chi connectivity index (χ3n) is 4.50. The number of para-hydroxylation sites is 1. The Labute approximate surface area is 173 Å². The van der Waals surface area contributed by atoms with E-state index in [1.54, 1.807) is 13.8 Å². The summed E-state index contributed by atoms with van der Waals surface area (Å²) in [6.07, 6.45) is 0.723. The first-order valence-corrected chi connectivity index (χ1v) is 11.1. The molecule has 29 heavy (non-hydrogen) atoms. The molecule has 0 heterocycles. The van der Waals surface area contributed by atoms with Crippen LogP contribution >= 0.6 is 0 Å². The number of hydrogen-bond donors (Lipinski definition) is 2. The van der Waals surface area contributed by atoms with Crippen molar-refractivity contribution in [2.45, 2.75) is 25.2 Å². The van der Waals surface area contributed by atoms with Crippen LogP contribution in [0.5, 0.6) is 5.75 Å². The van der Waals surface area contributed by atoms with E-state index in [0.29, 0.717) is 31.9 Å². The summed E-state index contributed by atoms with van der Waals surface area (Å²) in [6.45, 7) is 5.44. The summed E-state index contributed by atoms with van der Waals surface area (Å²) in [5, 5.41) is 6.10. The van der Waals surface area contributed by atoms with Gasteiger partial charge in [0, 0.05) is 31.9 Å². The molecular weight excluding hydrogens is 390 g/mol. The van der Waals surface area contributed by atoms with Gasteiger partial charge < -0.3 is 15.4 Å². The lowest BCUT2D eigenvalue weighted by molar-refractivity contribution is 0.0950. The first kappa shape index (κ1) is 22.7.